The van der Waals surface area contributed by atoms with Gasteiger partial charge in [-0.3, -0.25) is 20.0 Å². The molecule has 0 atom stereocenters. The van der Waals surface area contributed by atoms with Gasteiger partial charge in [-0.1, -0.05) is 23.2 Å². The summed E-state index contributed by atoms with van der Waals surface area (Å²) in [4.78, 5) is 28.7. The van der Waals surface area contributed by atoms with Gasteiger partial charge in [0, 0.05) is 33.7 Å². The molecule has 38 heavy (non-hydrogen) atoms. The van der Waals surface area contributed by atoms with Crippen LogP contribution < -0.4 is 10.3 Å². The van der Waals surface area contributed by atoms with Crippen molar-refractivity contribution in [3.63, 3.8) is 0 Å². The van der Waals surface area contributed by atoms with Crippen LogP contribution in [0.2, 0.25) is 10.0 Å². The minimum absolute atomic E-state index is 0.0314. The lowest BCUT2D eigenvalue weighted by atomic mass is 10.1. The van der Waals surface area contributed by atoms with E-state index in [1.165, 1.54) is 46.4 Å². The number of benzene rings is 3. The van der Waals surface area contributed by atoms with Crippen LogP contribution in [0.25, 0.3) is 27.6 Å². The zero-order chi connectivity index (χ0) is 26.8. The van der Waals surface area contributed by atoms with E-state index >= 15 is 0 Å². The maximum atomic E-state index is 13.5. The molecule has 190 valence electrons. The predicted molar refractivity (Wildman–Crippen MR) is 147 cm³/mol. The van der Waals surface area contributed by atoms with Crippen LogP contribution in [0.15, 0.2) is 87.1 Å². The summed E-state index contributed by atoms with van der Waals surface area (Å²) in [6.45, 7) is 0. The molecule has 0 radical (unpaired) electrons. The Hall–Kier alpha value is -4.32. The normalized spacial score (nSPS) is 11.2. The van der Waals surface area contributed by atoms with E-state index in [0.717, 1.165) is 5.56 Å². The molecular weight excluding hydrogens is 551 g/mol. The SMILES string of the molecule is COc1ccc(-c2csc(-n3[nH]c(-c4ccc([N+](=O)[O-])cc4)c(N=Nc4cc(Cl)ccc4Cl)c3=O)n2)cc1. The van der Waals surface area contributed by atoms with Crippen molar-refractivity contribution >= 4 is 51.6 Å². The van der Waals surface area contributed by atoms with E-state index in [2.05, 4.69) is 20.3 Å². The maximum absolute atomic E-state index is 13.5. The molecule has 5 aromatic rings. The molecule has 1 N–H and O–H groups in total. The highest BCUT2D eigenvalue weighted by Crippen LogP contribution is 2.33. The highest BCUT2D eigenvalue weighted by molar-refractivity contribution is 7.12. The molecule has 0 saturated heterocycles. The number of non-ortho nitro benzene ring substituents is 1. The molecule has 0 unspecified atom stereocenters. The first kappa shape index (κ1) is 25.3. The fourth-order valence-corrected chi connectivity index (χ4v) is 4.65. The Kier molecular flexibility index (Phi) is 7.05. The molecule has 0 saturated carbocycles. The fraction of sp³-hybridized carbons (Fsp3) is 0.0400. The van der Waals surface area contributed by atoms with Gasteiger partial charge in [0.1, 0.15) is 11.4 Å². The van der Waals surface area contributed by atoms with Gasteiger partial charge in [0.05, 0.1) is 28.4 Å². The summed E-state index contributed by atoms with van der Waals surface area (Å²) in [5.74, 6) is 0.715. The number of H-pyrrole nitrogens is 1. The van der Waals surface area contributed by atoms with Gasteiger partial charge >= 0.3 is 5.56 Å². The van der Waals surface area contributed by atoms with Gasteiger partial charge in [-0.15, -0.1) is 21.6 Å². The van der Waals surface area contributed by atoms with Gasteiger partial charge in [-0.05, 0) is 54.6 Å². The number of nitro groups is 1. The van der Waals surface area contributed by atoms with E-state index in [1.807, 2.05) is 29.6 Å². The molecule has 10 nitrogen and oxygen atoms in total. The van der Waals surface area contributed by atoms with E-state index in [4.69, 9.17) is 27.9 Å². The minimum atomic E-state index is -0.518. The summed E-state index contributed by atoms with van der Waals surface area (Å²) in [7, 11) is 1.59. The van der Waals surface area contributed by atoms with Crippen molar-refractivity contribution in [3.05, 3.63) is 103 Å². The van der Waals surface area contributed by atoms with Gasteiger partial charge in [-0.2, -0.15) is 4.68 Å². The second-order valence-electron chi connectivity index (χ2n) is 7.82. The maximum Gasteiger partial charge on any atom is 0.301 e. The van der Waals surface area contributed by atoms with Crippen LogP contribution in [-0.4, -0.2) is 26.8 Å². The summed E-state index contributed by atoms with van der Waals surface area (Å²) in [5, 5.41) is 25.4. The Morgan fingerprint density at radius 1 is 1.03 bits per heavy atom. The molecule has 5 rings (SSSR count). The summed E-state index contributed by atoms with van der Waals surface area (Å²) >= 11 is 13.5. The van der Waals surface area contributed by atoms with E-state index in [9.17, 15) is 14.9 Å². The zero-order valence-corrected chi connectivity index (χ0v) is 21.8. The fourth-order valence-electron chi connectivity index (χ4n) is 3.53. The van der Waals surface area contributed by atoms with Crippen molar-refractivity contribution in [2.45, 2.75) is 0 Å². The third kappa shape index (κ3) is 5.07. The topological polar surface area (TPSA) is 128 Å². The number of nitrogens with zero attached hydrogens (tertiary/aromatic N) is 5. The average Bonchev–Trinajstić information content (AvgIpc) is 3.54. The molecule has 0 aliphatic heterocycles. The molecule has 2 aromatic heterocycles. The molecule has 13 heteroatoms. The van der Waals surface area contributed by atoms with Crippen LogP contribution in [0.5, 0.6) is 5.75 Å². The Bertz CT molecular complexity index is 1730. The lowest BCUT2D eigenvalue weighted by Gasteiger charge is -2.01. The third-order valence-electron chi connectivity index (χ3n) is 5.47. The number of ether oxygens (including phenoxy) is 1. The highest BCUT2D eigenvalue weighted by Gasteiger charge is 2.20. The summed E-state index contributed by atoms with van der Waals surface area (Å²) < 4.78 is 6.45. The zero-order valence-electron chi connectivity index (χ0n) is 19.5. The molecule has 3 aromatic carbocycles. The standard InChI is InChI=1S/C25H16Cl2N6O4S/c1-37-18-9-4-14(5-10-18)21-13-38-25(28-21)32-24(34)23(30-29-20-12-16(26)6-11-19(20)27)22(31-32)15-2-7-17(8-3-15)33(35)36/h2-13,31H,1H3. The summed E-state index contributed by atoms with van der Waals surface area (Å²) in [6.07, 6.45) is 0. The summed E-state index contributed by atoms with van der Waals surface area (Å²) in [5.41, 5.74) is 1.94. The number of aromatic nitrogens is 3. The van der Waals surface area contributed by atoms with Crippen molar-refractivity contribution in [3.8, 4) is 33.4 Å². The second kappa shape index (κ2) is 10.6. The number of nitro benzene ring substituents is 1. The number of hydrogen-bond acceptors (Lipinski definition) is 8. The Morgan fingerprint density at radius 3 is 2.42 bits per heavy atom. The lowest BCUT2D eigenvalue weighted by molar-refractivity contribution is -0.384. The van der Waals surface area contributed by atoms with Gasteiger partial charge in [-0.25, -0.2) is 4.98 Å². The van der Waals surface area contributed by atoms with Crippen molar-refractivity contribution in [2.24, 2.45) is 10.2 Å². The number of nitrogens with one attached hydrogen (secondary N) is 1. The van der Waals surface area contributed by atoms with Gasteiger partial charge < -0.3 is 4.74 Å². The quantitative estimate of drug-likeness (QED) is 0.123. The van der Waals surface area contributed by atoms with Crippen LogP contribution in [0.1, 0.15) is 0 Å². The average molecular weight is 567 g/mol. The Morgan fingerprint density at radius 2 is 1.74 bits per heavy atom. The van der Waals surface area contributed by atoms with Crippen molar-refractivity contribution in [2.75, 3.05) is 7.11 Å². The monoisotopic (exact) mass is 566 g/mol. The highest BCUT2D eigenvalue weighted by atomic mass is 35.5. The van der Waals surface area contributed by atoms with Gasteiger partial charge in [0.15, 0.2) is 5.69 Å². The number of aromatic amines is 1. The van der Waals surface area contributed by atoms with Crippen LogP contribution >= 0.6 is 34.5 Å². The van der Waals surface area contributed by atoms with Crippen molar-refractivity contribution < 1.29 is 9.66 Å². The Labute approximate surface area is 228 Å². The molecule has 0 spiro atoms. The first-order valence-electron chi connectivity index (χ1n) is 10.9. The Balaban J connectivity index is 1.60. The van der Waals surface area contributed by atoms with Gasteiger partial charge in [0.2, 0.25) is 5.13 Å². The van der Waals surface area contributed by atoms with Crippen LogP contribution in [0.3, 0.4) is 0 Å². The van der Waals surface area contributed by atoms with E-state index in [-0.39, 0.29) is 17.1 Å². The number of methoxy groups -OCH3 is 1. The number of thiazole rings is 1. The molecule has 0 bridgehead atoms. The first-order chi connectivity index (χ1) is 18.3. The molecule has 0 aliphatic rings. The predicted octanol–water partition coefficient (Wildman–Crippen LogP) is 7.60. The number of azo groups is 1. The molecule has 0 amide bonds. The lowest BCUT2D eigenvalue weighted by Crippen LogP contribution is -2.13. The number of halogens is 2. The molecule has 0 aliphatic carbocycles. The number of hydrogen-bond donors (Lipinski definition) is 1. The molecular formula is C25H16Cl2N6O4S. The van der Waals surface area contributed by atoms with E-state index in [1.54, 1.807) is 19.2 Å². The minimum Gasteiger partial charge on any atom is -0.497 e. The van der Waals surface area contributed by atoms with Crippen molar-refractivity contribution in [1.29, 1.82) is 0 Å². The molecule has 0 fully saturated rings. The van der Waals surface area contributed by atoms with E-state index in [0.29, 0.717) is 37.9 Å². The number of rotatable bonds is 7. The van der Waals surface area contributed by atoms with Crippen LogP contribution in [0.4, 0.5) is 17.1 Å². The largest absolute Gasteiger partial charge is 0.497 e. The van der Waals surface area contributed by atoms with Crippen LogP contribution in [0, 0.1) is 10.1 Å². The van der Waals surface area contributed by atoms with Crippen molar-refractivity contribution in [1.82, 2.24) is 14.8 Å². The summed E-state index contributed by atoms with van der Waals surface area (Å²) in [6, 6.07) is 17.8. The third-order valence-corrected chi connectivity index (χ3v) is 6.85. The van der Waals surface area contributed by atoms with E-state index < -0.39 is 10.5 Å². The smallest absolute Gasteiger partial charge is 0.301 e. The molecule has 2 heterocycles. The second-order valence-corrected chi connectivity index (χ2v) is 9.50. The van der Waals surface area contributed by atoms with Crippen LogP contribution in [-0.2, 0) is 0 Å². The van der Waals surface area contributed by atoms with Gasteiger partial charge in [0.25, 0.3) is 5.69 Å². The first-order valence-corrected chi connectivity index (χ1v) is 12.5.